The minimum absolute atomic E-state index is 0.0729. The number of amides is 2. The summed E-state index contributed by atoms with van der Waals surface area (Å²) in [7, 11) is 1.58. The molecule has 2 amide bonds. The highest BCUT2D eigenvalue weighted by Crippen LogP contribution is 2.31. The predicted molar refractivity (Wildman–Crippen MR) is 133 cm³/mol. The van der Waals surface area contributed by atoms with Gasteiger partial charge >= 0.3 is 0 Å². The van der Waals surface area contributed by atoms with Crippen molar-refractivity contribution in [3.8, 4) is 5.75 Å². The van der Waals surface area contributed by atoms with Gasteiger partial charge < -0.3 is 10.1 Å². The van der Waals surface area contributed by atoms with E-state index in [4.69, 9.17) is 4.74 Å². The summed E-state index contributed by atoms with van der Waals surface area (Å²) in [6.07, 6.45) is 5.28. The standard InChI is InChI=1S/C27H29FN2O3S/c1-33-23-14-12-19(13-15-23)26(27(32)29-21-8-3-2-4-9-21)30(22-10-5-7-20(28)17-22)25(31)18-24-11-6-16-34-24/h5-7,10-17,21,26H,2-4,8-9,18H2,1H3,(H,29,32)/t26-/m1/s1. The summed E-state index contributed by atoms with van der Waals surface area (Å²) in [5, 5.41) is 5.08. The largest absolute Gasteiger partial charge is 0.497 e. The molecule has 1 aliphatic carbocycles. The van der Waals surface area contributed by atoms with E-state index < -0.39 is 11.9 Å². The number of carbonyl (C=O) groups excluding carboxylic acids is 2. The maximum Gasteiger partial charge on any atom is 0.248 e. The van der Waals surface area contributed by atoms with Gasteiger partial charge in [-0.05, 0) is 60.2 Å². The first kappa shape index (κ1) is 24.0. The van der Waals surface area contributed by atoms with Crippen LogP contribution in [0.2, 0.25) is 0 Å². The van der Waals surface area contributed by atoms with E-state index in [1.165, 1.54) is 34.8 Å². The molecule has 2 aromatic carbocycles. The summed E-state index contributed by atoms with van der Waals surface area (Å²) in [5.74, 6) is -0.349. The molecule has 5 nitrogen and oxygen atoms in total. The van der Waals surface area contributed by atoms with Crippen molar-refractivity contribution in [3.63, 3.8) is 0 Å². The number of rotatable bonds is 8. The third-order valence-corrected chi connectivity index (χ3v) is 7.03. The Morgan fingerprint density at radius 3 is 2.50 bits per heavy atom. The third kappa shape index (κ3) is 5.83. The Morgan fingerprint density at radius 2 is 1.85 bits per heavy atom. The molecule has 3 aromatic rings. The van der Waals surface area contributed by atoms with Gasteiger partial charge in [0.15, 0.2) is 0 Å². The van der Waals surface area contributed by atoms with E-state index in [0.717, 1.165) is 30.6 Å². The lowest BCUT2D eigenvalue weighted by Crippen LogP contribution is -2.47. The van der Waals surface area contributed by atoms with E-state index in [0.29, 0.717) is 17.0 Å². The number of anilines is 1. The Hall–Kier alpha value is -3.19. The van der Waals surface area contributed by atoms with Gasteiger partial charge in [-0.1, -0.05) is 43.5 Å². The fraction of sp³-hybridized carbons (Fsp3) is 0.333. The van der Waals surface area contributed by atoms with Crippen LogP contribution in [-0.4, -0.2) is 25.0 Å². The van der Waals surface area contributed by atoms with E-state index >= 15 is 0 Å². The topological polar surface area (TPSA) is 58.6 Å². The molecule has 178 valence electrons. The number of hydrogen-bond acceptors (Lipinski definition) is 4. The molecule has 1 fully saturated rings. The van der Waals surface area contributed by atoms with Gasteiger partial charge in [0, 0.05) is 16.6 Å². The maximum absolute atomic E-state index is 14.3. The van der Waals surface area contributed by atoms with Crippen LogP contribution < -0.4 is 15.0 Å². The summed E-state index contributed by atoms with van der Waals surface area (Å²) in [4.78, 5) is 29.7. The Kier molecular flexibility index (Phi) is 7.95. The van der Waals surface area contributed by atoms with Crippen LogP contribution in [0.4, 0.5) is 10.1 Å². The molecule has 4 rings (SSSR count). The highest BCUT2D eigenvalue weighted by atomic mass is 32.1. The molecule has 1 heterocycles. The van der Waals surface area contributed by atoms with Crippen LogP contribution in [0, 0.1) is 5.82 Å². The average molecular weight is 481 g/mol. The number of methoxy groups -OCH3 is 1. The molecule has 0 radical (unpaired) electrons. The van der Waals surface area contributed by atoms with Gasteiger partial charge in [-0.15, -0.1) is 11.3 Å². The summed E-state index contributed by atoms with van der Waals surface area (Å²) in [6.45, 7) is 0. The summed E-state index contributed by atoms with van der Waals surface area (Å²) >= 11 is 1.48. The van der Waals surface area contributed by atoms with Crippen molar-refractivity contribution in [1.29, 1.82) is 0 Å². The second-order valence-corrected chi connectivity index (χ2v) is 9.55. The molecule has 0 spiro atoms. The number of benzene rings is 2. The highest BCUT2D eigenvalue weighted by molar-refractivity contribution is 7.10. The second-order valence-electron chi connectivity index (χ2n) is 8.52. The Bertz CT molecular complexity index is 1100. The predicted octanol–water partition coefficient (Wildman–Crippen LogP) is 5.66. The van der Waals surface area contributed by atoms with Crippen LogP contribution in [0.15, 0.2) is 66.0 Å². The summed E-state index contributed by atoms with van der Waals surface area (Å²) in [5.41, 5.74) is 0.985. The minimum Gasteiger partial charge on any atom is -0.497 e. The zero-order chi connectivity index (χ0) is 23.9. The van der Waals surface area contributed by atoms with E-state index in [2.05, 4.69) is 5.32 Å². The summed E-state index contributed by atoms with van der Waals surface area (Å²) in [6, 6.07) is 15.9. The molecule has 1 saturated carbocycles. The first-order valence-electron chi connectivity index (χ1n) is 11.6. The lowest BCUT2D eigenvalue weighted by molar-refractivity contribution is -0.127. The number of thiophene rings is 1. The van der Waals surface area contributed by atoms with Crippen molar-refractivity contribution < 1.29 is 18.7 Å². The fourth-order valence-corrected chi connectivity index (χ4v) is 5.14. The van der Waals surface area contributed by atoms with Crippen molar-refractivity contribution in [1.82, 2.24) is 5.32 Å². The number of nitrogens with zero attached hydrogens (tertiary/aromatic N) is 1. The van der Waals surface area contributed by atoms with Gasteiger partial charge in [0.05, 0.1) is 13.5 Å². The molecule has 0 unspecified atom stereocenters. The fourth-order valence-electron chi connectivity index (χ4n) is 4.44. The van der Waals surface area contributed by atoms with Crippen molar-refractivity contribution >= 4 is 28.8 Å². The van der Waals surface area contributed by atoms with E-state index in [-0.39, 0.29) is 24.3 Å². The van der Waals surface area contributed by atoms with Crippen LogP contribution >= 0.6 is 11.3 Å². The van der Waals surface area contributed by atoms with Gasteiger partial charge in [-0.3, -0.25) is 14.5 Å². The van der Waals surface area contributed by atoms with Gasteiger partial charge in [-0.2, -0.15) is 0 Å². The number of ether oxygens (including phenoxy) is 1. The number of halogens is 1. The zero-order valence-electron chi connectivity index (χ0n) is 19.2. The van der Waals surface area contributed by atoms with Crippen molar-refractivity contribution in [2.24, 2.45) is 0 Å². The monoisotopic (exact) mass is 480 g/mol. The van der Waals surface area contributed by atoms with Crippen molar-refractivity contribution in [3.05, 3.63) is 82.3 Å². The van der Waals surface area contributed by atoms with E-state index in [1.807, 2.05) is 17.5 Å². The van der Waals surface area contributed by atoms with Gasteiger partial charge in [0.25, 0.3) is 0 Å². The van der Waals surface area contributed by atoms with Crippen molar-refractivity contribution in [2.45, 2.75) is 50.6 Å². The smallest absolute Gasteiger partial charge is 0.248 e. The Balaban J connectivity index is 1.74. The molecule has 0 saturated heterocycles. The quantitative estimate of drug-likeness (QED) is 0.453. The number of hydrogen-bond donors (Lipinski definition) is 1. The molecule has 1 aliphatic rings. The molecule has 34 heavy (non-hydrogen) atoms. The zero-order valence-corrected chi connectivity index (χ0v) is 20.0. The Morgan fingerprint density at radius 1 is 1.09 bits per heavy atom. The number of nitrogens with one attached hydrogen (secondary N) is 1. The molecule has 0 bridgehead atoms. The average Bonchev–Trinajstić information content (AvgIpc) is 3.36. The molecular weight excluding hydrogens is 451 g/mol. The SMILES string of the molecule is COc1ccc([C@H](C(=O)NC2CCCCC2)N(C(=O)Cc2cccs2)c2cccc(F)c2)cc1. The second kappa shape index (κ2) is 11.3. The lowest BCUT2D eigenvalue weighted by atomic mass is 9.94. The molecule has 7 heteroatoms. The van der Waals surface area contributed by atoms with Crippen LogP contribution in [0.3, 0.4) is 0 Å². The first-order valence-corrected chi connectivity index (χ1v) is 12.5. The minimum atomic E-state index is -0.943. The Labute approximate surface area is 203 Å². The maximum atomic E-state index is 14.3. The molecular formula is C27H29FN2O3S. The van der Waals surface area contributed by atoms with Crippen LogP contribution in [-0.2, 0) is 16.0 Å². The van der Waals surface area contributed by atoms with E-state index in [1.54, 1.807) is 43.5 Å². The highest BCUT2D eigenvalue weighted by Gasteiger charge is 2.34. The van der Waals surface area contributed by atoms with Gasteiger partial charge in [0.1, 0.15) is 17.6 Å². The number of carbonyl (C=O) groups is 2. The van der Waals surface area contributed by atoms with Gasteiger partial charge in [0.2, 0.25) is 11.8 Å². The molecule has 1 atom stereocenters. The third-order valence-electron chi connectivity index (χ3n) is 6.15. The molecule has 1 aromatic heterocycles. The van der Waals surface area contributed by atoms with E-state index in [9.17, 15) is 14.0 Å². The molecule has 0 aliphatic heterocycles. The van der Waals surface area contributed by atoms with Crippen LogP contribution in [0.1, 0.15) is 48.6 Å². The molecule has 1 N–H and O–H groups in total. The van der Waals surface area contributed by atoms with Gasteiger partial charge in [-0.25, -0.2) is 4.39 Å². The van der Waals surface area contributed by atoms with Crippen LogP contribution in [0.25, 0.3) is 0 Å². The summed E-state index contributed by atoms with van der Waals surface area (Å²) < 4.78 is 19.5. The lowest BCUT2D eigenvalue weighted by Gasteiger charge is -2.33. The normalized spacial score (nSPS) is 14.9. The van der Waals surface area contributed by atoms with Crippen molar-refractivity contribution in [2.75, 3.05) is 12.0 Å². The van der Waals surface area contributed by atoms with Crippen LogP contribution in [0.5, 0.6) is 5.75 Å². The first-order chi connectivity index (χ1) is 16.5.